The van der Waals surface area contributed by atoms with Crippen molar-refractivity contribution in [1.29, 1.82) is 0 Å². The third-order valence-electron chi connectivity index (χ3n) is 14.9. The van der Waals surface area contributed by atoms with E-state index in [-0.39, 0.29) is 27.1 Å². The zero-order valence-corrected chi connectivity index (χ0v) is 38.0. The Labute approximate surface area is 362 Å². The Hall–Kier alpha value is -5.86. The molecule has 1 aromatic heterocycles. The summed E-state index contributed by atoms with van der Waals surface area (Å²) in [4.78, 5) is 2.51. The third kappa shape index (κ3) is 5.27. The molecule has 7 aromatic carbocycles. The molecule has 0 bridgehead atoms. The van der Waals surface area contributed by atoms with E-state index in [2.05, 4.69) is 215 Å². The molecule has 1 heterocycles. The maximum atomic E-state index is 6.92. The van der Waals surface area contributed by atoms with Crippen molar-refractivity contribution in [3.63, 3.8) is 0 Å². The second kappa shape index (κ2) is 12.2. The first kappa shape index (κ1) is 38.1. The number of anilines is 3. The van der Waals surface area contributed by atoms with Crippen LogP contribution in [0.1, 0.15) is 128 Å². The number of furan rings is 1. The first-order chi connectivity index (χ1) is 28.8. The summed E-state index contributed by atoms with van der Waals surface area (Å²) in [6.07, 6.45) is 0. The Kier molecular flexibility index (Phi) is 7.59. The minimum atomic E-state index is -0.197. The van der Waals surface area contributed by atoms with Crippen LogP contribution in [0.4, 0.5) is 17.1 Å². The number of nitrogens with zero attached hydrogens (tertiary/aromatic N) is 1. The van der Waals surface area contributed by atoms with Gasteiger partial charge in [0.2, 0.25) is 0 Å². The Morgan fingerprint density at radius 2 is 0.852 bits per heavy atom. The summed E-state index contributed by atoms with van der Waals surface area (Å²) in [5.74, 6) is 0. The maximum Gasteiger partial charge on any atom is 0.139 e. The zero-order valence-electron chi connectivity index (χ0n) is 38.0. The van der Waals surface area contributed by atoms with Gasteiger partial charge in [0, 0.05) is 49.6 Å². The van der Waals surface area contributed by atoms with Gasteiger partial charge in [-0.1, -0.05) is 156 Å². The lowest BCUT2D eigenvalue weighted by molar-refractivity contribution is 0.559. The zero-order chi connectivity index (χ0) is 42.8. The molecule has 0 saturated carbocycles. The Morgan fingerprint density at radius 1 is 0.393 bits per heavy atom. The van der Waals surface area contributed by atoms with E-state index in [1.54, 1.807) is 0 Å². The maximum absolute atomic E-state index is 6.92. The van der Waals surface area contributed by atoms with Crippen LogP contribution in [0.25, 0.3) is 55.3 Å². The smallest absolute Gasteiger partial charge is 0.139 e. The van der Waals surface area contributed by atoms with Crippen LogP contribution in [0.2, 0.25) is 0 Å². The van der Waals surface area contributed by atoms with Crippen molar-refractivity contribution in [2.24, 2.45) is 0 Å². The molecule has 0 radical (unpaired) electrons. The van der Waals surface area contributed by atoms with E-state index in [0.29, 0.717) is 0 Å². The van der Waals surface area contributed by atoms with E-state index in [9.17, 15) is 0 Å². The number of benzene rings is 7. The molecule has 0 amide bonds. The van der Waals surface area contributed by atoms with Gasteiger partial charge in [-0.05, 0) is 138 Å². The van der Waals surface area contributed by atoms with Gasteiger partial charge in [-0.25, -0.2) is 0 Å². The topological polar surface area (TPSA) is 16.4 Å². The molecule has 0 saturated heterocycles. The fraction of sp³-hybridized carbons (Fsp3) is 0.288. The summed E-state index contributed by atoms with van der Waals surface area (Å²) in [7, 11) is 0. The summed E-state index contributed by atoms with van der Waals surface area (Å²) >= 11 is 0. The normalized spacial score (nSPS) is 16.3. The largest absolute Gasteiger partial charge is 0.456 e. The third-order valence-corrected chi connectivity index (χ3v) is 14.9. The lowest BCUT2D eigenvalue weighted by Crippen LogP contribution is -2.18. The van der Waals surface area contributed by atoms with E-state index < -0.39 is 0 Å². The molecular formula is C59H57NO. The Balaban J connectivity index is 1.13. The van der Waals surface area contributed by atoms with Gasteiger partial charge in [-0.3, -0.25) is 0 Å². The van der Waals surface area contributed by atoms with Crippen molar-refractivity contribution in [3.8, 4) is 33.4 Å². The lowest BCUT2D eigenvalue weighted by atomic mass is 9.79. The average molecular weight is 796 g/mol. The first-order valence-corrected chi connectivity index (χ1v) is 22.3. The van der Waals surface area contributed by atoms with Crippen LogP contribution < -0.4 is 4.90 Å². The van der Waals surface area contributed by atoms with Gasteiger partial charge in [0.1, 0.15) is 11.2 Å². The molecule has 11 rings (SSSR count). The molecule has 0 unspecified atom stereocenters. The van der Waals surface area contributed by atoms with Crippen LogP contribution in [0, 0.1) is 0 Å². The Bertz CT molecular complexity index is 3080. The fourth-order valence-electron chi connectivity index (χ4n) is 11.3. The van der Waals surface area contributed by atoms with Crippen molar-refractivity contribution in [1.82, 2.24) is 0 Å². The van der Waals surface area contributed by atoms with Crippen LogP contribution in [0.5, 0.6) is 0 Å². The molecule has 0 atom stereocenters. The van der Waals surface area contributed by atoms with Crippen molar-refractivity contribution < 1.29 is 4.42 Å². The average Bonchev–Trinajstić information content (AvgIpc) is 3.84. The molecule has 8 aromatic rings. The molecule has 61 heavy (non-hydrogen) atoms. The molecule has 0 aliphatic heterocycles. The van der Waals surface area contributed by atoms with Gasteiger partial charge in [0.25, 0.3) is 0 Å². The highest BCUT2D eigenvalue weighted by Gasteiger charge is 2.40. The van der Waals surface area contributed by atoms with Crippen molar-refractivity contribution in [2.75, 3.05) is 4.90 Å². The summed E-state index contributed by atoms with van der Waals surface area (Å²) < 4.78 is 6.92. The quantitative estimate of drug-likeness (QED) is 0.177. The van der Waals surface area contributed by atoms with Crippen LogP contribution in [0.3, 0.4) is 0 Å². The van der Waals surface area contributed by atoms with Crippen molar-refractivity contribution in [2.45, 2.75) is 110 Å². The molecule has 2 nitrogen and oxygen atoms in total. The van der Waals surface area contributed by atoms with E-state index in [1.807, 2.05) is 0 Å². The van der Waals surface area contributed by atoms with Gasteiger partial charge < -0.3 is 9.32 Å². The van der Waals surface area contributed by atoms with Gasteiger partial charge in [-0.15, -0.1) is 0 Å². The van der Waals surface area contributed by atoms with Crippen molar-refractivity contribution in [3.05, 3.63) is 172 Å². The summed E-state index contributed by atoms with van der Waals surface area (Å²) in [6.45, 7) is 28.1. The van der Waals surface area contributed by atoms with E-state index in [0.717, 1.165) is 16.9 Å². The van der Waals surface area contributed by atoms with Gasteiger partial charge in [-0.2, -0.15) is 0 Å². The predicted molar refractivity (Wildman–Crippen MR) is 258 cm³/mol. The monoisotopic (exact) mass is 795 g/mol. The van der Waals surface area contributed by atoms with E-state index in [1.165, 1.54) is 100 Å². The minimum absolute atomic E-state index is 0.00653. The standard InChI is InChI=1S/C59H57NO/c1-55(2,3)34-27-45-44-32-43-42-29-35(23-26-48(42)59(11,12)51(43)33-53(44)61-54(45)52(28-34)56(4,5)6)60(36-21-24-40-38-17-13-15-19-46(38)57(7,8)49(40)30-36)37-22-25-41-39-18-14-16-20-47(39)58(9,10)50(41)31-37/h13-33H,1-12H3. The summed E-state index contributed by atoms with van der Waals surface area (Å²) in [5, 5.41) is 2.40. The molecule has 3 aliphatic rings. The molecular weight excluding hydrogens is 739 g/mol. The first-order valence-electron chi connectivity index (χ1n) is 22.3. The number of rotatable bonds is 3. The minimum Gasteiger partial charge on any atom is -0.456 e. The lowest BCUT2D eigenvalue weighted by Gasteiger charge is -2.30. The predicted octanol–water partition coefficient (Wildman–Crippen LogP) is 16.6. The molecule has 304 valence electrons. The van der Waals surface area contributed by atoms with Crippen LogP contribution in [0.15, 0.2) is 132 Å². The fourth-order valence-corrected chi connectivity index (χ4v) is 11.3. The van der Waals surface area contributed by atoms with Gasteiger partial charge in [0.05, 0.1) is 0 Å². The number of fused-ring (bicyclic) bond motifs is 12. The summed E-state index contributed by atoms with van der Waals surface area (Å²) in [6, 6.07) is 49.0. The van der Waals surface area contributed by atoms with E-state index in [4.69, 9.17) is 4.42 Å². The second-order valence-electron chi connectivity index (χ2n) is 21.9. The van der Waals surface area contributed by atoms with Gasteiger partial charge >= 0.3 is 0 Å². The highest BCUT2D eigenvalue weighted by molar-refractivity contribution is 6.09. The van der Waals surface area contributed by atoms with Gasteiger partial charge in [0.15, 0.2) is 0 Å². The number of hydrogen-bond donors (Lipinski definition) is 0. The molecule has 2 heteroatoms. The second-order valence-corrected chi connectivity index (χ2v) is 21.9. The molecule has 0 N–H and O–H groups in total. The molecule has 0 fully saturated rings. The molecule has 3 aliphatic carbocycles. The highest BCUT2D eigenvalue weighted by Crippen LogP contribution is 2.56. The summed E-state index contributed by atoms with van der Waals surface area (Å²) in [5.41, 5.74) is 23.8. The van der Waals surface area contributed by atoms with Crippen molar-refractivity contribution >= 4 is 39.0 Å². The SMILES string of the molecule is CC(C)(C)c1cc(C(C)(C)C)c2oc3cc4c(cc3c2c1)-c1cc(N(c2ccc3c(c2)C(C)(C)c2ccccc2-3)c2ccc3c(c2)C(C)(C)c2ccccc2-3)ccc1C4(C)C. The van der Waals surface area contributed by atoms with Crippen LogP contribution in [-0.2, 0) is 27.1 Å². The van der Waals surface area contributed by atoms with E-state index >= 15 is 0 Å². The number of hydrogen-bond acceptors (Lipinski definition) is 2. The molecule has 0 spiro atoms. The highest BCUT2D eigenvalue weighted by atomic mass is 16.3. The Morgan fingerprint density at radius 3 is 1.39 bits per heavy atom. The van der Waals surface area contributed by atoms with Crippen LogP contribution in [-0.4, -0.2) is 0 Å². The van der Waals surface area contributed by atoms with Crippen LogP contribution >= 0.6 is 0 Å².